The Morgan fingerprint density at radius 3 is 1.68 bits per heavy atom. The molecule has 0 rings (SSSR count). The van der Waals surface area contributed by atoms with E-state index in [9.17, 15) is 4.79 Å². The van der Waals surface area contributed by atoms with E-state index < -0.39 is 0 Å². The fourth-order valence-electron chi connectivity index (χ4n) is 2.82. The first-order chi connectivity index (χ1) is 10.8. The Hall–Kier alpha value is -0.570. The summed E-state index contributed by atoms with van der Waals surface area (Å²) in [6.07, 6.45) is 17.0. The van der Waals surface area contributed by atoms with Gasteiger partial charge in [0.15, 0.2) is 0 Å². The van der Waals surface area contributed by atoms with Crippen LogP contribution in [0.2, 0.25) is 0 Å². The summed E-state index contributed by atoms with van der Waals surface area (Å²) in [7, 11) is 0. The van der Waals surface area contributed by atoms with Crippen LogP contribution < -0.4 is 5.73 Å². The van der Waals surface area contributed by atoms with E-state index in [1.807, 2.05) is 6.92 Å². The van der Waals surface area contributed by atoms with Crippen molar-refractivity contribution in [3.8, 4) is 0 Å². The molecule has 2 N–H and O–H groups in total. The first kappa shape index (κ1) is 21.4. The van der Waals surface area contributed by atoms with Crippen LogP contribution in [0.5, 0.6) is 0 Å². The van der Waals surface area contributed by atoms with Gasteiger partial charge in [0.2, 0.25) is 0 Å². The molecule has 3 heteroatoms. The number of rotatable bonds is 16. The molecule has 0 aromatic heterocycles. The van der Waals surface area contributed by atoms with Gasteiger partial charge >= 0.3 is 5.97 Å². The Morgan fingerprint density at radius 2 is 1.27 bits per heavy atom. The number of carbonyl (C=O) groups excluding carboxylic acids is 1. The molecular formula is C19H39NO2. The van der Waals surface area contributed by atoms with Crippen LogP contribution in [-0.4, -0.2) is 19.1 Å². The fraction of sp³-hybridized carbons (Fsp3) is 0.947. The van der Waals surface area contributed by atoms with E-state index in [0.717, 1.165) is 12.8 Å². The highest BCUT2D eigenvalue weighted by atomic mass is 16.5. The van der Waals surface area contributed by atoms with E-state index in [4.69, 9.17) is 10.5 Å². The normalized spacial score (nSPS) is 12.3. The number of ether oxygens (including phenoxy) is 1. The monoisotopic (exact) mass is 313 g/mol. The topological polar surface area (TPSA) is 52.3 Å². The zero-order valence-electron chi connectivity index (χ0n) is 15.1. The molecule has 0 heterocycles. The summed E-state index contributed by atoms with van der Waals surface area (Å²) >= 11 is 0. The second kappa shape index (κ2) is 16.8. The summed E-state index contributed by atoms with van der Waals surface area (Å²) in [6, 6.07) is 0. The number of nitrogens with two attached hydrogens (primary N) is 1. The average Bonchev–Trinajstić information content (AvgIpc) is 2.52. The van der Waals surface area contributed by atoms with Gasteiger partial charge in [-0.25, -0.2) is 0 Å². The number of hydrogen-bond acceptors (Lipinski definition) is 3. The highest BCUT2D eigenvalue weighted by Crippen LogP contribution is 2.15. The highest BCUT2D eigenvalue weighted by molar-refractivity contribution is 5.72. The van der Waals surface area contributed by atoms with Crippen molar-refractivity contribution < 1.29 is 9.53 Å². The Labute approximate surface area is 138 Å². The molecule has 0 saturated heterocycles. The van der Waals surface area contributed by atoms with Crippen molar-refractivity contribution in [3.05, 3.63) is 0 Å². The van der Waals surface area contributed by atoms with Crippen LogP contribution in [0, 0.1) is 5.92 Å². The molecule has 0 spiro atoms. The maximum Gasteiger partial charge on any atom is 0.310 e. The zero-order chi connectivity index (χ0) is 16.5. The van der Waals surface area contributed by atoms with E-state index in [2.05, 4.69) is 6.92 Å². The summed E-state index contributed by atoms with van der Waals surface area (Å²) in [5.74, 6) is -0.212. The largest absolute Gasteiger partial charge is 0.466 e. The van der Waals surface area contributed by atoms with E-state index in [1.54, 1.807) is 0 Å². The molecule has 0 saturated carbocycles. The Kier molecular flexibility index (Phi) is 16.4. The van der Waals surface area contributed by atoms with E-state index >= 15 is 0 Å². The minimum atomic E-state index is -0.118. The summed E-state index contributed by atoms with van der Waals surface area (Å²) in [5.41, 5.74) is 5.64. The summed E-state index contributed by atoms with van der Waals surface area (Å²) in [6.45, 7) is 4.97. The van der Waals surface area contributed by atoms with Gasteiger partial charge in [0, 0.05) is 6.54 Å². The molecule has 1 unspecified atom stereocenters. The molecule has 0 aromatic rings. The van der Waals surface area contributed by atoms with Crippen molar-refractivity contribution in [2.45, 2.75) is 97.3 Å². The number of esters is 1. The second-order valence-electron chi connectivity index (χ2n) is 6.36. The van der Waals surface area contributed by atoms with Crippen molar-refractivity contribution in [1.29, 1.82) is 0 Å². The molecule has 0 aliphatic rings. The van der Waals surface area contributed by atoms with Crippen LogP contribution in [-0.2, 0) is 9.53 Å². The van der Waals surface area contributed by atoms with Gasteiger partial charge in [-0.15, -0.1) is 0 Å². The molecule has 0 aromatic carbocycles. The van der Waals surface area contributed by atoms with Crippen LogP contribution in [0.3, 0.4) is 0 Å². The molecule has 0 bridgehead atoms. The molecular weight excluding hydrogens is 274 g/mol. The lowest BCUT2D eigenvalue weighted by atomic mass is 10.00. The zero-order valence-corrected chi connectivity index (χ0v) is 15.1. The maximum absolute atomic E-state index is 11.6. The molecule has 0 fully saturated rings. The molecule has 3 nitrogen and oxygen atoms in total. The summed E-state index contributed by atoms with van der Waals surface area (Å²) in [4.78, 5) is 11.6. The molecule has 1 atom stereocenters. The van der Waals surface area contributed by atoms with Gasteiger partial charge in [-0.05, 0) is 13.3 Å². The SMILES string of the molecule is CCCCCCCCCCCCCCC(CN)C(=O)OCC. The van der Waals surface area contributed by atoms with Crippen molar-refractivity contribution in [2.75, 3.05) is 13.2 Å². The third kappa shape index (κ3) is 13.1. The van der Waals surface area contributed by atoms with Gasteiger partial charge in [-0.3, -0.25) is 4.79 Å². The second-order valence-corrected chi connectivity index (χ2v) is 6.36. The minimum Gasteiger partial charge on any atom is -0.466 e. The lowest BCUT2D eigenvalue weighted by Gasteiger charge is -2.12. The van der Waals surface area contributed by atoms with Crippen molar-refractivity contribution in [3.63, 3.8) is 0 Å². The summed E-state index contributed by atoms with van der Waals surface area (Å²) in [5, 5.41) is 0. The van der Waals surface area contributed by atoms with Crippen LogP contribution in [0.15, 0.2) is 0 Å². The van der Waals surface area contributed by atoms with Gasteiger partial charge in [0.05, 0.1) is 12.5 Å². The Balaban J connectivity index is 3.30. The minimum absolute atomic E-state index is 0.0944. The van der Waals surface area contributed by atoms with Gasteiger partial charge in [0.25, 0.3) is 0 Å². The van der Waals surface area contributed by atoms with Gasteiger partial charge in [-0.2, -0.15) is 0 Å². The van der Waals surface area contributed by atoms with E-state index in [-0.39, 0.29) is 11.9 Å². The smallest absolute Gasteiger partial charge is 0.310 e. The fourth-order valence-corrected chi connectivity index (χ4v) is 2.82. The quantitative estimate of drug-likeness (QED) is 0.314. The first-order valence-corrected chi connectivity index (χ1v) is 9.62. The van der Waals surface area contributed by atoms with Crippen molar-refractivity contribution >= 4 is 5.97 Å². The predicted molar refractivity (Wildman–Crippen MR) is 94.9 cm³/mol. The Morgan fingerprint density at radius 1 is 0.818 bits per heavy atom. The molecule has 0 aliphatic carbocycles. The summed E-state index contributed by atoms with van der Waals surface area (Å²) < 4.78 is 5.03. The van der Waals surface area contributed by atoms with Crippen LogP contribution in [0.4, 0.5) is 0 Å². The highest BCUT2D eigenvalue weighted by Gasteiger charge is 2.16. The van der Waals surface area contributed by atoms with Crippen LogP contribution in [0.25, 0.3) is 0 Å². The first-order valence-electron chi connectivity index (χ1n) is 9.62. The van der Waals surface area contributed by atoms with E-state index in [0.29, 0.717) is 13.2 Å². The molecule has 22 heavy (non-hydrogen) atoms. The maximum atomic E-state index is 11.6. The molecule has 132 valence electrons. The number of hydrogen-bond donors (Lipinski definition) is 1. The van der Waals surface area contributed by atoms with Crippen LogP contribution in [0.1, 0.15) is 97.3 Å². The van der Waals surface area contributed by atoms with E-state index in [1.165, 1.54) is 70.6 Å². The molecule has 0 amide bonds. The van der Waals surface area contributed by atoms with Gasteiger partial charge < -0.3 is 10.5 Å². The third-order valence-corrected chi connectivity index (χ3v) is 4.31. The molecule has 0 aliphatic heterocycles. The average molecular weight is 314 g/mol. The predicted octanol–water partition coefficient (Wildman–Crippen LogP) is 5.22. The van der Waals surface area contributed by atoms with Crippen LogP contribution >= 0.6 is 0 Å². The van der Waals surface area contributed by atoms with Gasteiger partial charge in [0.1, 0.15) is 0 Å². The van der Waals surface area contributed by atoms with Crippen molar-refractivity contribution in [2.24, 2.45) is 11.7 Å². The van der Waals surface area contributed by atoms with Crippen molar-refractivity contribution in [1.82, 2.24) is 0 Å². The standard InChI is InChI=1S/C19H39NO2/c1-3-5-6-7-8-9-10-11-12-13-14-15-16-18(17-20)19(21)22-4-2/h18H,3-17,20H2,1-2H3. The van der Waals surface area contributed by atoms with Gasteiger partial charge in [-0.1, -0.05) is 84.0 Å². The lowest BCUT2D eigenvalue weighted by molar-refractivity contribution is -0.147. The third-order valence-electron chi connectivity index (χ3n) is 4.31. The number of unbranched alkanes of at least 4 members (excludes halogenated alkanes) is 11. The lowest BCUT2D eigenvalue weighted by Crippen LogP contribution is -2.25. The number of carbonyl (C=O) groups is 1. The Bertz CT molecular complexity index is 244. The molecule has 0 radical (unpaired) electrons.